The third-order valence-electron chi connectivity index (χ3n) is 3.99. The average Bonchev–Trinajstić information content (AvgIpc) is 2.51. The maximum Gasteiger partial charge on any atom is 0.236 e. The van der Waals surface area contributed by atoms with E-state index in [4.69, 9.17) is 9.47 Å². The smallest absolute Gasteiger partial charge is 0.236 e. The number of benzene rings is 1. The van der Waals surface area contributed by atoms with E-state index in [9.17, 15) is 9.18 Å². The fraction of sp³-hybridized carbons (Fsp3) is 0.588. The second-order valence-electron chi connectivity index (χ2n) is 6.04. The summed E-state index contributed by atoms with van der Waals surface area (Å²) in [6, 6.07) is 4.19. The number of halogens is 1. The molecule has 0 unspecified atom stereocenters. The number of hydrogen-bond donors (Lipinski definition) is 1. The first-order valence-electron chi connectivity index (χ1n) is 7.90. The molecular formula is C17H25FN2O3. The first kappa shape index (κ1) is 17.7. The molecule has 1 aliphatic heterocycles. The quantitative estimate of drug-likeness (QED) is 0.901. The summed E-state index contributed by atoms with van der Waals surface area (Å²) in [6.07, 6.45) is 0.0897. The Balaban J connectivity index is 1.95. The van der Waals surface area contributed by atoms with Crippen LogP contribution in [0.25, 0.3) is 0 Å². The second-order valence-corrected chi connectivity index (χ2v) is 6.04. The number of amides is 1. The highest BCUT2D eigenvalue weighted by Gasteiger charge is 2.26. The maximum absolute atomic E-state index is 13.4. The minimum Gasteiger partial charge on any atom is -0.496 e. The summed E-state index contributed by atoms with van der Waals surface area (Å²) in [5.74, 6) is 0.304. The number of rotatable bonds is 5. The van der Waals surface area contributed by atoms with E-state index < -0.39 is 0 Å². The van der Waals surface area contributed by atoms with Crippen LogP contribution < -0.4 is 10.1 Å². The number of nitrogens with zero attached hydrogens (tertiary/aromatic N) is 1. The number of nitrogens with one attached hydrogen (secondary N) is 1. The van der Waals surface area contributed by atoms with Gasteiger partial charge in [-0.3, -0.25) is 4.79 Å². The zero-order valence-electron chi connectivity index (χ0n) is 14.1. The summed E-state index contributed by atoms with van der Waals surface area (Å²) in [6.45, 7) is 7.20. The van der Waals surface area contributed by atoms with E-state index in [2.05, 4.69) is 5.32 Å². The lowest BCUT2D eigenvalue weighted by Crippen LogP contribution is -2.50. The summed E-state index contributed by atoms with van der Waals surface area (Å²) in [5, 5.41) is 3.15. The first-order chi connectivity index (χ1) is 10.9. The molecule has 1 fully saturated rings. The molecule has 0 bridgehead atoms. The van der Waals surface area contributed by atoms with Crippen molar-refractivity contribution in [1.82, 2.24) is 10.2 Å². The number of methoxy groups -OCH3 is 1. The molecule has 6 heteroatoms. The molecule has 0 aliphatic carbocycles. The normalized spacial score (nSPS) is 22.7. The summed E-state index contributed by atoms with van der Waals surface area (Å²) in [5.41, 5.74) is 0.698. The fourth-order valence-electron chi connectivity index (χ4n) is 2.89. The van der Waals surface area contributed by atoms with Gasteiger partial charge >= 0.3 is 0 Å². The van der Waals surface area contributed by atoms with E-state index in [-0.39, 0.29) is 36.5 Å². The molecule has 1 amide bonds. The van der Waals surface area contributed by atoms with Crippen LogP contribution in [0, 0.1) is 5.82 Å². The third kappa shape index (κ3) is 4.65. The molecular weight excluding hydrogens is 299 g/mol. The molecule has 0 spiro atoms. The van der Waals surface area contributed by atoms with Crippen molar-refractivity contribution in [3.8, 4) is 5.75 Å². The van der Waals surface area contributed by atoms with Crippen LogP contribution in [0.4, 0.5) is 4.39 Å². The molecule has 23 heavy (non-hydrogen) atoms. The van der Waals surface area contributed by atoms with Gasteiger partial charge in [0.15, 0.2) is 0 Å². The Labute approximate surface area is 136 Å². The number of carbonyl (C=O) groups is 1. The van der Waals surface area contributed by atoms with Crippen LogP contribution in [0.3, 0.4) is 0 Å². The van der Waals surface area contributed by atoms with Crippen molar-refractivity contribution in [2.75, 3.05) is 26.7 Å². The van der Waals surface area contributed by atoms with Crippen molar-refractivity contribution in [2.24, 2.45) is 0 Å². The first-order valence-corrected chi connectivity index (χ1v) is 7.90. The number of ether oxygens (including phenoxy) is 2. The van der Waals surface area contributed by atoms with Crippen LogP contribution in [0.15, 0.2) is 18.2 Å². The Morgan fingerprint density at radius 1 is 1.43 bits per heavy atom. The molecule has 5 nitrogen and oxygen atoms in total. The van der Waals surface area contributed by atoms with Crippen LogP contribution in [0.2, 0.25) is 0 Å². The largest absolute Gasteiger partial charge is 0.496 e. The predicted octanol–water partition coefficient (Wildman–Crippen LogP) is 2.12. The van der Waals surface area contributed by atoms with Crippen molar-refractivity contribution in [2.45, 2.75) is 39.0 Å². The monoisotopic (exact) mass is 324 g/mol. The number of morpholine rings is 1. The topological polar surface area (TPSA) is 50.8 Å². The Morgan fingerprint density at radius 2 is 2.09 bits per heavy atom. The lowest BCUT2D eigenvalue weighted by molar-refractivity contribution is -0.142. The average molecular weight is 324 g/mol. The Hall–Kier alpha value is -1.66. The third-order valence-corrected chi connectivity index (χ3v) is 3.99. The molecule has 1 heterocycles. The standard InChI is InChI=1S/C17H25FN2O3/c1-11-9-20(10-12(2)23-11)17(21)8-19-13(3)15-7-14(18)5-6-16(15)22-4/h5-7,11-13,19H,8-10H2,1-4H3/t11-,12-,13+/m1/s1. The second kappa shape index (κ2) is 7.75. The molecule has 1 aromatic rings. The highest BCUT2D eigenvalue weighted by atomic mass is 19.1. The molecule has 0 aromatic heterocycles. The van der Waals surface area contributed by atoms with Gasteiger partial charge in [-0.1, -0.05) is 0 Å². The summed E-state index contributed by atoms with van der Waals surface area (Å²) in [4.78, 5) is 14.2. The molecule has 1 aromatic carbocycles. The lowest BCUT2D eigenvalue weighted by atomic mass is 10.1. The Bertz CT molecular complexity index is 543. The van der Waals surface area contributed by atoms with Gasteiger partial charge in [-0.05, 0) is 39.0 Å². The zero-order chi connectivity index (χ0) is 17.0. The van der Waals surface area contributed by atoms with Crippen LogP contribution >= 0.6 is 0 Å². The van der Waals surface area contributed by atoms with E-state index in [1.54, 1.807) is 18.1 Å². The SMILES string of the molecule is COc1ccc(F)cc1[C@H](C)NCC(=O)N1C[C@@H](C)O[C@H](C)C1. The van der Waals surface area contributed by atoms with Gasteiger partial charge in [-0.2, -0.15) is 0 Å². The van der Waals surface area contributed by atoms with E-state index in [1.165, 1.54) is 12.1 Å². The van der Waals surface area contributed by atoms with Crippen LogP contribution in [-0.2, 0) is 9.53 Å². The highest BCUT2D eigenvalue weighted by molar-refractivity contribution is 5.78. The highest BCUT2D eigenvalue weighted by Crippen LogP contribution is 2.25. The van der Waals surface area contributed by atoms with Crippen molar-refractivity contribution < 1.29 is 18.7 Å². The predicted molar refractivity (Wildman–Crippen MR) is 86.0 cm³/mol. The lowest BCUT2D eigenvalue weighted by Gasteiger charge is -2.35. The van der Waals surface area contributed by atoms with Gasteiger partial charge in [-0.25, -0.2) is 4.39 Å². The molecule has 3 atom stereocenters. The molecule has 1 aliphatic rings. The van der Waals surface area contributed by atoms with Crippen molar-refractivity contribution in [3.63, 3.8) is 0 Å². The molecule has 0 saturated carbocycles. The van der Waals surface area contributed by atoms with Crippen LogP contribution in [0.5, 0.6) is 5.75 Å². The van der Waals surface area contributed by atoms with E-state index in [0.29, 0.717) is 24.4 Å². The summed E-state index contributed by atoms with van der Waals surface area (Å²) >= 11 is 0. The van der Waals surface area contributed by atoms with E-state index >= 15 is 0 Å². The maximum atomic E-state index is 13.4. The molecule has 128 valence electrons. The molecule has 0 radical (unpaired) electrons. The number of hydrogen-bond acceptors (Lipinski definition) is 4. The van der Waals surface area contributed by atoms with Crippen molar-refractivity contribution in [3.05, 3.63) is 29.6 Å². The van der Waals surface area contributed by atoms with Gasteiger partial charge in [0.05, 0.1) is 25.9 Å². The molecule has 1 N–H and O–H groups in total. The van der Waals surface area contributed by atoms with Gasteiger partial charge in [0.1, 0.15) is 11.6 Å². The zero-order valence-corrected chi connectivity index (χ0v) is 14.1. The van der Waals surface area contributed by atoms with Gasteiger partial charge < -0.3 is 19.7 Å². The molecule has 2 rings (SSSR count). The van der Waals surface area contributed by atoms with Gasteiger partial charge in [0.25, 0.3) is 0 Å². The molecule has 1 saturated heterocycles. The fourth-order valence-corrected chi connectivity index (χ4v) is 2.89. The van der Waals surface area contributed by atoms with Crippen LogP contribution in [-0.4, -0.2) is 49.8 Å². The van der Waals surface area contributed by atoms with Crippen LogP contribution in [0.1, 0.15) is 32.4 Å². The Kier molecular flexibility index (Phi) is 5.96. The van der Waals surface area contributed by atoms with Gasteiger partial charge in [-0.15, -0.1) is 0 Å². The van der Waals surface area contributed by atoms with Gasteiger partial charge in [0, 0.05) is 24.7 Å². The van der Waals surface area contributed by atoms with Crippen molar-refractivity contribution in [1.29, 1.82) is 0 Å². The van der Waals surface area contributed by atoms with Crippen molar-refractivity contribution >= 4 is 5.91 Å². The summed E-state index contributed by atoms with van der Waals surface area (Å²) in [7, 11) is 1.55. The van der Waals surface area contributed by atoms with E-state index in [1.807, 2.05) is 20.8 Å². The Morgan fingerprint density at radius 3 is 2.70 bits per heavy atom. The van der Waals surface area contributed by atoms with Gasteiger partial charge in [0.2, 0.25) is 5.91 Å². The minimum atomic E-state index is -0.323. The van der Waals surface area contributed by atoms with E-state index in [0.717, 1.165) is 0 Å². The summed E-state index contributed by atoms with van der Waals surface area (Å²) < 4.78 is 24.3. The number of carbonyl (C=O) groups excluding carboxylic acids is 1. The minimum absolute atomic E-state index is 0.0224.